The highest BCUT2D eigenvalue weighted by atomic mass is 35.5. The van der Waals surface area contributed by atoms with Crippen LogP contribution in [0.1, 0.15) is 12.0 Å². The topological polar surface area (TPSA) is 77.3 Å². The van der Waals surface area contributed by atoms with Crippen LogP contribution in [0, 0.1) is 11.3 Å². The van der Waals surface area contributed by atoms with Gasteiger partial charge in [-0.3, -0.25) is 4.90 Å². The van der Waals surface area contributed by atoms with Crippen molar-refractivity contribution in [1.82, 2.24) is 9.88 Å². The highest BCUT2D eigenvalue weighted by molar-refractivity contribution is 7.91. The predicted molar refractivity (Wildman–Crippen MR) is 84.8 cm³/mol. The van der Waals surface area contributed by atoms with Gasteiger partial charge in [0, 0.05) is 38.4 Å². The minimum Gasteiger partial charge on any atom is -0.353 e. The number of halogens is 1. The standard InChI is InChI=1S/C14H17ClN4O2S/c15-13-7-11(8-16)9-17-14(13)19-4-2-18(3-5-19)12-1-6-22(20,21)10-12/h7,9,12H,1-6,10H2. The summed E-state index contributed by atoms with van der Waals surface area (Å²) in [5.41, 5.74) is 0.448. The molecule has 2 fully saturated rings. The molecule has 118 valence electrons. The van der Waals surface area contributed by atoms with Crippen LogP contribution in [0.25, 0.3) is 0 Å². The summed E-state index contributed by atoms with van der Waals surface area (Å²) in [4.78, 5) is 8.61. The molecule has 0 amide bonds. The molecule has 1 atom stereocenters. The van der Waals surface area contributed by atoms with Crippen molar-refractivity contribution in [2.75, 3.05) is 42.6 Å². The predicted octanol–water partition coefficient (Wildman–Crippen LogP) is 0.916. The van der Waals surface area contributed by atoms with E-state index in [4.69, 9.17) is 16.9 Å². The van der Waals surface area contributed by atoms with E-state index in [1.165, 1.54) is 6.20 Å². The third-order valence-electron chi connectivity index (χ3n) is 4.29. The third kappa shape index (κ3) is 3.19. The van der Waals surface area contributed by atoms with E-state index >= 15 is 0 Å². The van der Waals surface area contributed by atoms with E-state index in [9.17, 15) is 8.42 Å². The Balaban J connectivity index is 1.64. The molecule has 1 unspecified atom stereocenters. The van der Waals surface area contributed by atoms with E-state index in [2.05, 4.69) is 14.8 Å². The quantitative estimate of drug-likeness (QED) is 0.796. The van der Waals surface area contributed by atoms with Crippen molar-refractivity contribution in [3.63, 3.8) is 0 Å². The first kappa shape index (κ1) is 15.5. The van der Waals surface area contributed by atoms with Gasteiger partial charge < -0.3 is 4.90 Å². The van der Waals surface area contributed by atoms with Gasteiger partial charge in [0.1, 0.15) is 11.9 Å². The van der Waals surface area contributed by atoms with Crippen LogP contribution in [-0.4, -0.2) is 62.0 Å². The molecule has 22 heavy (non-hydrogen) atoms. The van der Waals surface area contributed by atoms with Crippen molar-refractivity contribution >= 4 is 27.3 Å². The van der Waals surface area contributed by atoms with Gasteiger partial charge in [-0.1, -0.05) is 11.6 Å². The van der Waals surface area contributed by atoms with Crippen LogP contribution in [0.4, 0.5) is 5.82 Å². The first-order chi connectivity index (χ1) is 10.5. The highest BCUT2D eigenvalue weighted by Crippen LogP contribution is 2.26. The van der Waals surface area contributed by atoms with Gasteiger partial charge in [0.15, 0.2) is 9.84 Å². The van der Waals surface area contributed by atoms with Gasteiger partial charge in [0.2, 0.25) is 0 Å². The Morgan fingerprint density at radius 3 is 2.59 bits per heavy atom. The summed E-state index contributed by atoms with van der Waals surface area (Å²) in [5, 5.41) is 9.33. The van der Waals surface area contributed by atoms with Gasteiger partial charge in [-0.2, -0.15) is 5.26 Å². The molecule has 1 aromatic rings. The second-order valence-corrected chi connectivity index (χ2v) is 8.36. The van der Waals surface area contributed by atoms with Gasteiger partial charge in [-0.15, -0.1) is 0 Å². The molecule has 8 heteroatoms. The molecule has 0 aromatic carbocycles. The summed E-state index contributed by atoms with van der Waals surface area (Å²) < 4.78 is 23.2. The summed E-state index contributed by atoms with van der Waals surface area (Å²) in [6, 6.07) is 3.79. The number of hydrogen-bond donors (Lipinski definition) is 0. The number of pyridine rings is 1. The fraction of sp³-hybridized carbons (Fsp3) is 0.571. The molecule has 2 saturated heterocycles. The van der Waals surface area contributed by atoms with Crippen LogP contribution >= 0.6 is 11.6 Å². The summed E-state index contributed by atoms with van der Waals surface area (Å²) in [6.45, 7) is 3.13. The monoisotopic (exact) mass is 340 g/mol. The molecule has 0 bridgehead atoms. The Morgan fingerprint density at radius 1 is 1.32 bits per heavy atom. The van der Waals surface area contributed by atoms with E-state index in [0.29, 0.717) is 22.2 Å². The fourth-order valence-corrected chi connectivity index (χ4v) is 5.13. The third-order valence-corrected chi connectivity index (χ3v) is 6.32. The molecule has 0 spiro atoms. The van der Waals surface area contributed by atoms with Gasteiger partial charge in [-0.25, -0.2) is 13.4 Å². The number of rotatable bonds is 2. The fourth-order valence-electron chi connectivity index (χ4n) is 3.09. The number of hydrogen-bond acceptors (Lipinski definition) is 6. The van der Waals surface area contributed by atoms with E-state index in [1.54, 1.807) is 6.07 Å². The van der Waals surface area contributed by atoms with Gasteiger partial charge in [0.05, 0.1) is 22.1 Å². The lowest BCUT2D eigenvalue weighted by atomic mass is 10.2. The second kappa shape index (κ2) is 6.03. The average molecular weight is 341 g/mol. The summed E-state index contributed by atoms with van der Waals surface area (Å²) in [5.74, 6) is 1.28. The maximum Gasteiger partial charge on any atom is 0.151 e. The van der Waals surface area contributed by atoms with Crippen molar-refractivity contribution in [3.05, 3.63) is 22.8 Å². The van der Waals surface area contributed by atoms with Gasteiger partial charge >= 0.3 is 0 Å². The maximum atomic E-state index is 11.6. The number of aromatic nitrogens is 1. The van der Waals surface area contributed by atoms with Gasteiger partial charge in [0.25, 0.3) is 0 Å². The zero-order valence-electron chi connectivity index (χ0n) is 12.1. The number of piperazine rings is 1. The van der Waals surface area contributed by atoms with Crippen LogP contribution < -0.4 is 4.90 Å². The zero-order chi connectivity index (χ0) is 15.7. The van der Waals surface area contributed by atoms with Crippen LogP contribution in [0.5, 0.6) is 0 Å². The average Bonchev–Trinajstić information content (AvgIpc) is 2.87. The Labute approximate surface area is 135 Å². The van der Waals surface area contributed by atoms with Crippen LogP contribution in [0.15, 0.2) is 12.3 Å². The Morgan fingerprint density at radius 2 is 2.05 bits per heavy atom. The number of anilines is 1. The van der Waals surface area contributed by atoms with E-state index in [-0.39, 0.29) is 11.8 Å². The molecular formula is C14H17ClN4O2S. The SMILES string of the molecule is N#Cc1cnc(N2CCN(C3CCS(=O)(=O)C3)CC2)c(Cl)c1. The summed E-state index contributed by atoms with van der Waals surface area (Å²) >= 11 is 6.19. The lowest BCUT2D eigenvalue weighted by molar-refractivity contribution is 0.200. The summed E-state index contributed by atoms with van der Waals surface area (Å²) in [7, 11) is -2.84. The smallest absolute Gasteiger partial charge is 0.151 e. The van der Waals surface area contributed by atoms with Crippen molar-refractivity contribution in [3.8, 4) is 6.07 Å². The molecule has 3 rings (SSSR count). The van der Waals surface area contributed by atoms with Crippen molar-refractivity contribution in [2.24, 2.45) is 0 Å². The first-order valence-corrected chi connectivity index (χ1v) is 9.43. The Bertz CT molecular complexity index is 708. The largest absolute Gasteiger partial charge is 0.353 e. The lowest BCUT2D eigenvalue weighted by Gasteiger charge is -2.38. The van der Waals surface area contributed by atoms with Gasteiger partial charge in [-0.05, 0) is 12.5 Å². The second-order valence-electron chi connectivity index (χ2n) is 5.72. The number of nitriles is 1. The number of sulfone groups is 1. The van der Waals surface area contributed by atoms with Crippen LogP contribution in [-0.2, 0) is 9.84 Å². The molecule has 0 aliphatic carbocycles. The van der Waals surface area contributed by atoms with Crippen LogP contribution in [0.3, 0.4) is 0 Å². The van der Waals surface area contributed by atoms with Crippen LogP contribution in [0.2, 0.25) is 5.02 Å². The summed E-state index contributed by atoms with van der Waals surface area (Å²) in [6.07, 6.45) is 2.26. The lowest BCUT2D eigenvalue weighted by Crippen LogP contribution is -2.51. The molecule has 0 saturated carbocycles. The van der Waals surface area contributed by atoms with E-state index < -0.39 is 9.84 Å². The molecule has 2 aliphatic rings. The van der Waals surface area contributed by atoms with Crippen molar-refractivity contribution in [2.45, 2.75) is 12.5 Å². The molecule has 0 N–H and O–H groups in total. The number of nitrogens with zero attached hydrogens (tertiary/aromatic N) is 4. The molecular weight excluding hydrogens is 324 g/mol. The molecule has 0 radical (unpaired) electrons. The minimum absolute atomic E-state index is 0.150. The highest BCUT2D eigenvalue weighted by Gasteiger charge is 2.34. The van der Waals surface area contributed by atoms with Crippen molar-refractivity contribution in [1.29, 1.82) is 5.26 Å². The van der Waals surface area contributed by atoms with E-state index in [0.717, 1.165) is 32.6 Å². The molecule has 6 nitrogen and oxygen atoms in total. The minimum atomic E-state index is -2.84. The zero-order valence-corrected chi connectivity index (χ0v) is 13.6. The molecule has 1 aromatic heterocycles. The molecule has 3 heterocycles. The maximum absolute atomic E-state index is 11.6. The molecule has 2 aliphatic heterocycles. The van der Waals surface area contributed by atoms with Crippen molar-refractivity contribution < 1.29 is 8.42 Å². The first-order valence-electron chi connectivity index (χ1n) is 7.23. The van der Waals surface area contributed by atoms with E-state index in [1.807, 2.05) is 6.07 Å². The Kier molecular flexibility index (Phi) is 4.26. The normalized spacial score (nSPS) is 25.1. The Hall–Kier alpha value is -1.36.